The van der Waals surface area contributed by atoms with Crippen molar-refractivity contribution >= 4 is 52.1 Å². The Bertz CT molecular complexity index is 896. The first-order chi connectivity index (χ1) is 11.1. The van der Waals surface area contributed by atoms with Crippen molar-refractivity contribution in [3.8, 4) is 6.07 Å². The number of ether oxygens (including phenoxy) is 1. The fourth-order valence-electron chi connectivity index (χ4n) is 2.00. The molecule has 0 fully saturated rings. The zero-order valence-corrected chi connectivity index (χ0v) is 14.5. The van der Waals surface area contributed by atoms with Gasteiger partial charge in [0.15, 0.2) is 5.70 Å². The van der Waals surface area contributed by atoms with Gasteiger partial charge in [-0.25, -0.2) is 9.79 Å². The molecule has 4 nitrogen and oxygen atoms in total. The molecule has 0 aliphatic carbocycles. The molecule has 0 saturated carbocycles. The van der Waals surface area contributed by atoms with Gasteiger partial charge in [-0.15, -0.1) is 0 Å². The molecule has 6 heteroatoms. The van der Waals surface area contributed by atoms with Gasteiger partial charge in [0.2, 0.25) is 5.90 Å². The van der Waals surface area contributed by atoms with Gasteiger partial charge in [-0.1, -0.05) is 23.7 Å². The largest absolute Gasteiger partial charge is 0.402 e. The lowest BCUT2D eigenvalue weighted by molar-refractivity contribution is -0.129. The van der Waals surface area contributed by atoms with E-state index in [1.165, 1.54) is 0 Å². The number of halogens is 2. The van der Waals surface area contributed by atoms with E-state index in [0.29, 0.717) is 16.1 Å². The minimum Gasteiger partial charge on any atom is -0.402 e. The molecule has 1 aliphatic heterocycles. The quantitative estimate of drug-likeness (QED) is 0.405. The van der Waals surface area contributed by atoms with Gasteiger partial charge in [-0.3, -0.25) is 0 Å². The summed E-state index contributed by atoms with van der Waals surface area (Å²) in [5.41, 5.74) is 2.08. The third-order valence-electron chi connectivity index (χ3n) is 3.12. The van der Waals surface area contributed by atoms with Crippen molar-refractivity contribution in [2.75, 3.05) is 0 Å². The molecular formula is C17H8ClIN2O2. The van der Waals surface area contributed by atoms with E-state index in [4.69, 9.17) is 21.6 Å². The number of esters is 1. The monoisotopic (exact) mass is 434 g/mol. The Morgan fingerprint density at radius 2 is 1.96 bits per heavy atom. The lowest BCUT2D eigenvalue weighted by Gasteiger charge is -2.02. The van der Waals surface area contributed by atoms with Crippen LogP contribution in [0, 0.1) is 14.9 Å². The molecule has 0 amide bonds. The van der Waals surface area contributed by atoms with Crippen LogP contribution >= 0.6 is 34.2 Å². The van der Waals surface area contributed by atoms with Crippen molar-refractivity contribution in [2.45, 2.75) is 0 Å². The number of cyclic esters (lactones) is 1. The van der Waals surface area contributed by atoms with Gasteiger partial charge >= 0.3 is 5.97 Å². The van der Waals surface area contributed by atoms with Crippen LogP contribution in [-0.2, 0) is 9.53 Å². The smallest absolute Gasteiger partial charge is 0.363 e. The third-order valence-corrected chi connectivity index (χ3v) is 4.12. The van der Waals surface area contributed by atoms with Crippen LogP contribution in [0.2, 0.25) is 5.02 Å². The lowest BCUT2D eigenvalue weighted by Crippen LogP contribution is -2.06. The first-order valence-corrected chi connectivity index (χ1v) is 8.00. The maximum absolute atomic E-state index is 12.0. The molecule has 0 atom stereocenters. The fraction of sp³-hybridized carbons (Fsp3) is 0. The molecule has 0 bridgehead atoms. The summed E-state index contributed by atoms with van der Waals surface area (Å²) in [6.45, 7) is 0. The Hall–Kier alpha value is -2.17. The van der Waals surface area contributed by atoms with E-state index >= 15 is 0 Å². The fourth-order valence-corrected chi connectivity index (χ4v) is 2.69. The van der Waals surface area contributed by atoms with Crippen LogP contribution in [0.15, 0.2) is 53.2 Å². The van der Waals surface area contributed by atoms with E-state index in [2.05, 4.69) is 27.6 Å². The molecule has 0 aromatic heterocycles. The van der Waals surface area contributed by atoms with Gasteiger partial charge in [0, 0.05) is 3.57 Å². The Kier molecular flexibility index (Phi) is 4.46. The van der Waals surface area contributed by atoms with Crippen LogP contribution in [0.5, 0.6) is 0 Å². The number of carbonyl (C=O) groups is 1. The third kappa shape index (κ3) is 3.44. The molecule has 1 aliphatic rings. The Balaban J connectivity index is 1.96. The zero-order valence-electron chi connectivity index (χ0n) is 11.6. The first kappa shape index (κ1) is 15.7. The number of aliphatic imine (C=N–C) groups is 1. The summed E-state index contributed by atoms with van der Waals surface area (Å²) in [5, 5.41) is 9.26. The van der Waals surface area contributed by atoms with E-state index in [9.17, 15) is 4.79 Å². The molecule has 2 aromatic rings. The normalized spacial score (nSPS) is 15.3. The van der Waals surface area contributed by atoms with Crippen LogP contribution in [0.25, 0.3) is 6.08 Å². The minimum atomic E-state index is -0.528. The van der Waals surface area contributed by atoms with E-state index < -0.39 is 5.97 Å². The molecule has 1 heterocycles. The summed E-state index contributed by atoms with van der Waals surface area (Å²) >= 11 is 8.29. The number of hydrogen-bond donors (Lipinski definition) is 0. The number of nitrogens with zero attached hydrogens (tertiary/aromatic N) is 2. The summed E-state index contributed by atoms with van der Waals surface area (Å²) in [7, 11) is 0. The Morgan fingerprint density at radius 1 is 1.22 bits per heavy atom. The van der Waals surface area contributed by atoms with Gasteiger partial charge in [0.1, 0.15) is 0 Å². The molecule has 3 rings (SSSR count). The van der Waals surface area contributed by atoms with Crippen molar-refractivity contribution in [2.24, 2.45) is 4.99 Å². The number of rotatable bonds is 2. The van der Waals surface area contributed by atoms with Crippen LogP contribution in [-0.4, -0.2) is 11.9 Å². The average molecular weight is 435 g/mol. The van der Waals surface area contributed by atoms with Crippen LogP contribution < -0.4 is 0 Å². The van der Waals surface area contributed by atoms with Gasteiger partial charge in [0.05, 0.1) is 22.2 Å². The maximum Gasteiger partial charge on any atom is 0.363 e. The highest BCUT2D eigenvalue weighted by atomic mass is 127. The van der Waals surface area contributed by atoms with E-state index in [1.54, 1.807) is 42.5 Å². The maximum atomic E-state index is 12.0. The number of hydrogen-bond acceptors (Lipinski definition) is 4. The highest BCUT2D eigenvalue weighted by molar-refractivity contribution is 14.1. The molecule has 0 saturated heterocycles. The number of carbonyl (C=O) groups excluding carboxylic acids is 1. The molecule has 0 spiro atoms. The second kappa shape index (κ2) is 6.52. The summed E-state index contributed by atoms with van der Waals surface area (Å²) in [6, 6.07) is 14.3. The van der Waals surface area contributed by atoms with Crippen molar-refractivity contribution in [3.63, 3.8) is 0 Å². The average Bonchev–Trinajstić information content (AvgIpc) is 2.91. The SMILES string of the molecule is N#Cc1ccc(/C=C2\N=C(c3cc(I)ccc3Cl)OC2=O)cc1. The minimum absolute atomic E-state index is 0.193. The van der Waals surface area contributed by atoms with Gasteiger partial charge in [0.25, 0.3) is 0 Å². The first-order valence-electron chi connectivity index (χ1n) is 6.55. The highest BCUT2D eigenvalue weighted by Gasteiger charge is 2.25. The van der Waals surface area contributed by atoms with Crippen molar-refractivity contribution in [1.29, 1.82) is 5.26 Å². The van der Waals surface area contributed by atoms with Crippen molar-refractivity contribution < 1.29 is 9.53 Å². The van der Waals surface area contributed by atoms with E-state index in [-0.39, 0.29) is 11.6 Å². The molecule has 0 unspecified atom stereocenters. The van der Waals surface area contributed by atoms with Crippen LogP contribution in [0.3, 0.4) is 0 Å². The van der Waals surface area contributed by atoms with Gasteiger partial charge < -0.3 is 4.74 Å². The highest BCUT2D eigenvalue weighted by Crippen LogP contribution is 2.25. The zero-order chi connectivity index (χ0) is 16.4. The van der Waals surface area contributed by atoms with Gasteiger partial charge in [-0.2, -0.15) is 5.26 Å². The lowest BCUT2D eigenvalue weighted by atomic mass is 10.1. The summed E-state index contributed by atoms with van der Waals surface area (Å²) < 4.78 is 6.18. The summed E-state index contributed by atoms with van der Waals surface area (Å²) in [6.07, 6.45) is 1.61. The second-order valence-corrected chi connectivity index (χ2v) is 6.35. The number of nitriles is 1. The Morgan fingerprint density at radius 3 is 2.65 bits per heavy atom. The Labute approximate surface area is 151 Å². The van der Waals surface area contributed by atoms with Gasteiger partial charge in [-0.05, 0) is 64.6 Å². The predicted molar refractivity (Wildman–Crippen MR) is 95.9 cm³/mol. The predicted octanol–water partition coefficient (Wildman–Crippen LogP) is 4.16. The molecule has 0 radical (unpaired) electrons. The summed E-state index contributed by atoms with van der Waals surface area (Å²) in [4.78, 5) is 16.2. The topological polar surface area (TPSA) is 62.4 Å². The standard InChI is InChI=1S/C17H8ClIN2O2/c18-14-6-5-12(19)8-13(14)16-21-15(17(22)23-16)7-10-1-3-11(9-20)4-2-10/h1-8H/b15-7-. The van der Waals surface area contributed by atoms with Crippen LogP contribution in [0.1, 0.15) is 16.7 Å². The molecule has 2 aromatic carbocycles. The van der Waals surface area contributed by atoms with E-state index in [0.717, 1.165) is 9.13 Å². The molecule has 112 valence electrons. The summed E-state index contributed by atoms with van der Waals surface area (Å²) in [5.74, 6) is -0.335. The molecule has 0 N–H and O–H groups in total. The molecular weight excluding hydrogens is 427 g/mol. The second-order valence-electron chi connectivity index (χ2n) is 4.69. The van der Waals surface area contributed by atoms with E-state index in [1.807, 2.05) is 12.1 Å². The number of benzene rings is 2. The van der Waals surface area contributed by atoms with Crippen molar-refractivity contribution in [1.82, 2.24) is 0 Å². The van der Waals surface area contributed by atoms with Crippen LogP contribution in [0.4, 0.5) is 0 Å². The molecule has 23 heavy (non-hydrogen) atoms. The van der Waals surface area contributed by atoms with Crippen molar-refractivity contribution in [3.05, 3.63) is 73.4 Å².